The van der Waals surface area contributed by atoms with Crippen LogP contribution in [0.3, 0.4) is 0 Å². The van der Waals surface area contributed by atoms with E-state index in [0.717, 1.165) is 18.9 Å². The number of aromatic nitrogens is 2. The summed E-state index contributed by atoms with van der Waals surface area (Å²) in [5.41, 5.74) is 0.817. The van der Waals surface area contributed by atoms with Gasteiger partial charge in [-0.2, -0.15) is 5.26 Å². The van der Waals surface area contributed by atoms with Crippen LogP contribution in [0, 0.1) is 16.7 Å². The fraction of sp³-hybridized carbons (Fsp3) is 0.583. The number of nitriles is 1. The molecular weight excluding hydrogens is 200 g/mol. The van der Waals surface area contributed by atoms with Crippen molar-refractivity contribution in [3.8, 4) is 6.07 Å². The van der Waals surface area contributed by atoms with E-state index in [-0.39, 0.29) is 0 Å². The molecule has 0 atom stereocenters. The van der Waals surface area contributed by atoms with Gasteiger partial charge in [0.25, 0.3) is 0 Å². The van der Waals surface area contributed by atoms with Crippen molar-refractivity contribution in [1.82, 2.24) is 9.97 Å². The number of anilines is 1. The molecule has 4 nitrogen and oxygen atoms in total. The van der Waals surface area contributed by atoms with Crippen molar-refractivity contribution < 1.29 is 0 Å². The minimum absolute atomic E-state index is 0.376. The lowest BCUT2D eigenvalue weighted by molar-refractivity contribution is 0.279. The Bertz CT molecular complexity index is 392. The van der Waals surface area contributed by atoms with E-state index in [1.165, 1.54) is 19.0 Å². The van der Waals surface area contributed by atoms with Gasteiger partial charge >= 0.3 is 0 Å². The molecule has 0 aliphatic carbocycles. The molecule has 1 fully saturated rings. The zero-order valence-corrected chi connectivity index (χ0v) is 9.77. The van der Waals surface area contributed by atoms with Crippen LogP contribution in [0.25, 0.3) is 0 Å². The Morgan fingerprint density at radius 1 is 1.25 bits per heavy atom. The van der Waals surface area contributed by atoms with E-state index in [2.05, 4.69) is 28.7 Å². The van der Waals surface area contributed by atoms with E-state index in [9.17, 15) is 0 Å². The zero-order valence-electron chi connectivity index (χ0n) is 9.77. The maximum Gasteiger partial charge on any atom is 0.158 e. The Labute approximate surface area is 95.9 Å². The normalized spacial score (nSPS) is 19.2. The molecule has 84 valence electrons. The average Bonchev–Trinajstić information content (AvgIpc) is 2.29. The molecule has 1 aromatic heterocycles. The smallest absolute Gasteiger partial charge is 0.158 e. The van der Waals surface area contributed by atoms with Crippen LogP contribution in [0.1, 0.15) is 32.4 Å². The molecule has 2 heterocycles. The van der Waals surface area contributed by atoms with Gasteiger partial charge in [-0.1, -0.05) is 13.8 Å². The van der Waals surface area contributed by atoms with E-state index >= 15 is 0 Å². The summed E-state index contributed by atoms with van der Waals surface area (Å²) < 4.78 is 0. The Morgan fingerprint density at radius 2 is 1.94 bits per heavy atom. The second-order valence-electron chi connectivity index (χ2n) is 5.02. The first-order chi connectivity index (χ1) is 7.61. The van der Waals surface area contributed by atoms with Crippen molar-refractivity contribution in [3.63, 3.8) is 0 Å². The summed E-state index contributed by atoms with van der Waals surface area (Å²) >= 11 is 0. The van der Waals surface area contributed by atoms with E-state index in [0.29, 0.717) is 11.1 Å². The summed E-state index contributed by atoms with van der Waals surface area (Å²) in [5.74, 6) is 0.884. The fourth-order valence-corrected chi connectivity index (χ4v) is 1.88. The zero-order chi connectivity index (χ0) is 11.6. The van der Waals surface area contributed by atoms with Gasteiger partial charge in [-0.25, -0.2) is 9.97 Å². The third-order valence-electron chi connectivity index (χ3n) is 3.19. The standard InChI is InChI=1S/C12H16N4/c1-12(2)3-5-16(6-4-12)11-9-14-10(7-13)8-15-11/h8-9H,3-6H2,1-2H3. The number of hydrogen-bond donors (Lipinski definition) is 0. The van der Waals surface area contributed by atoms with Gasteiger partial charge < -0.3 is 4.90 Å². The SMILES string of the molecule is CC1(C)CCN(c2cnc(C#N)cn2)CC1. The van der Waals surface area contributed by atoms with Gasteiger partial charge in [0.15, 0.2) is 5.69 Å². The first-order valence-corrected chi connectivity index (χ1v) is 5.58. The van der Waals surface area contributed by atoms with E-state index in [4.69, 9.17) is 5.26 Å². The maximum atomic E-state index is 8.64. The molecule has 1 aliphatic heterocycles. The first-order valence-electron chi connectivity index (χ1n) is 5.58. The number of hydrogen-bond acceptors (Lipinski definition) is 4. The lowest BCUT2D eigenvalue weighted by Gasteiger charge is -2.37. The average molecular weight is 216 g/mol. The van der Waals surface area contributed by atoms with Crippen molar-refractivity contribution in [3.05, 3.63) is 18.1 Å². The van der Waals surface area contributed by atoms with Crippen LogP contribution in [0.15, 0.2) is 12.4 Å². The molecule has 2 rings (SSSR count). The summed E-state index contributed by atoms with van der Waals surface area (Å²) in [6, 6.07) is 1.98. The van der Waals surface area contributed by atoms with Gasteiger partial charge in [-0.15, -0.1) is 0 Å². The van der Waals surface area contributed by atoms with E-state index in [1.807, 2.05) is 6.07 Å². The lowest BCUT2D eigenvalue weighted by Crippen LogP contribution is -2.37. The first kappa shape index (κ1) is 10.9. The largest absolute Gasteiger partial charge is 0.355 e. The van der Waals surface area contributed by atoms with Gasteiger partial charge in [0.05, 0.1) is 12.4 Å². The minimum Gasteiger partial charge on any atom is -0.355 e. The third-order valence-corrected chi connectivity index (χ3v) is 3.19. The van der Waals surface area contributed by atoms with Crippen LogP contribution >= 0.6 is 0 Å². The summed E-state index contributed by atoms with van der Waals surface area (Å²) in [5, 5.41) is 8.64. The molecule has 0 aromatic carbocycles. The predicted octanol–water partition coefficient (Wildman–Crippen LogP) is 1.97. The van der Waals surface area contributed by atoms with Crippen molar-refractivity contribution in [2.24, 2.45) is 5.41 Å². The predicted molar refractivity (Wildman–Crippen MR) is 62.0 cm³/mol. The van der Waals surface area contributed by atoms with Crippen LogP contribution in [0.2, 0.25) is 0 Å². The Balaban J connectivity index is 2.06. The molecule has 1 saturated heterocycles. The third kappa shape index (κ3) is 2.30. The Kier molecular flexibility index (Phi) is 2.78. The molecular formula is C12H16N4. The summed E-state index contributed by atoms with van der Waals surface area (Å²) in [7, 11) is 0. The van der Waals surface area contributed by atoms with Crippen molar-refractivity contribution in [1.29, 1.82) is 5.26 Å². The minimum atomic E-state index is 0.376. The lowest BCUT2D eigenvalue weighted by atomic mass is 9.83. The van der Waals surface area contributed by atoms with Gasteiger partial charge in [0.1, 0.15) is 11.9 Å². The van der Waals surface area contributed by atoms with Crippen LogP contribution < -0.4 is 4.90 Å². The molecule has 0 unspecified atom stereocenters. The molecule has 0 saturated carbocycles. The number of piperidine rings is 1. The molecule has 4 heteroatoms. The molecule has 1 aliphatic rings. The van der Waals surface area contributed by atoms with Gasteiger partial charge in [-0.05, 0) is 18.3 Å². The molecule has 0 radical (unpaired) electrons. The highest BCUT2D eigenvalue weighted by atomic mass is 15.2. The highest BCUT2D eigenvalue weighted by Crippen LogP contribution is 2.31. The van der Waals surface area contributed by atoms with Crippen LogP contribution in [0.5, 0.6) is 0 Å². The highest BCUT2D eigenvalue weighted by Gasteiger charge is 2.25. The van der Waals surface area contributed by atoms with Crippen LogP contribution in [0.4, 0.5) is 5.82 Å². The molecule has 0 N–H and O–H groups in total. The second-order valence-corrected chi connectivity index (χ2v) is 5.02. The molecule has 0 spiro atoms. The van der Waals surface area contributed by atoms with E-state index in [1.54, 1.807) is 6.20 Å². The Morgan fingerprint density at radius 3 is 2.44 bits per heavy atom. The monoisotopic (exact) mass is 216 g/mol. The van der Waals surface area contributed by atoms with Crippen LogP contribution in [-0.4, -0.2) is 23.1 Å². The van der Waals surface area contributed by atoms with Crippen molar-refractivity contribution in [2.75, 3.05) is 18.0 Å². The number of nitrogens with zero attached hydrogens (tertiary/aromatic N) is 4. The Hall–Kier alpha value is -1.63. The van der Waals surface area contributed by atoms with Crippen molar-refractivity contribution >= 4 is 5.82 Å². The van der Waals surface area contributed by atoms with E-state index < -0.39 is 0 Å². The molecule has 0 bridgehead atoms. The quantitative estimate of drug-likeness (QED) is 0.720. The summed E-state index contributed by atoms with van der Waals surface area (Å²) in [6.45, 7) is 6.64. The maximum absolute atomic E-state index is 8.64. The summed E-state index contributed by atoms with van der Waals surface area (Å²) in [6.07, 6.45) is 5.58. The molecule has 0 amide bonds. The summed E-state index contributed by atoms with van der Waals surface area (Å²) in [4.78, 5) is 10.5. The topological polar surface area (TPSA) is 52.8 Å². The number of rotatable bonds is 1. The van der Waals surface area contributed by atoms with Crippen molar-refractivity contribution in [2.45, 2.75) is 26.7 Å². The van der Waals surface area contributed by atoms with Gasteiger partial charge in [0, 0.05) is 13.1 Å². The van der Waals surface area contributed by atoms with Crippen LogP contribution in [-0.2, 0) is 0 Å². The molecule has 16 heavy (non-hydrogen) atoms. The fourth-order valence-electron chi connectivity index (χ4n) is 1.88. The highest BCUT2D eigenvalue weighted by molar-refractivity contribution is 5.37. The van der Waals surface area contributed by atoms with Gasteiger partial charge in [0.2, 0.25) is 0 Å². The van der Waals surface area contributed by atoms with Gasteiger partial charge in [-0.3, -0.25) is 0 Å². The molecule has 1 aromatic rings. The second kappa shape index (κ2) is 4.09.